The molecule has 1 aromatic carbocycles. The quantitative estimate of drug-likeness (QED) is 0.757. The highest BCUT2D eigenvalue weighted by molar-refractivity contribution is 7.80. The molecule has 0 radical (unpaired) electrons. The lowest BCUT2D eigenvalue weighted by Crippen LogP contribution is -2.22. The number of nitrogens with one attached hydrogen (secondary N) is 1. The highest BCUT2D eigenvalue weighted by Gasteiger charge is 2.11. The van der Waals surface area contributed by atoms with Gasteiger partial charge < -0.3 is 14.8 Å². The van der Waals surface area contributed by atoms with Crippen molar-refractivity contribution in [1.29, 1.82) is 0 Å². The van der Waals surface area contributed by atoms with Crippen LogP contribution in [0.2, 0.25) is 0 Å². The Hall–Kier alpha value is -1.50. The molecule has 0 aliphatic carbocycles. The third kappa shape index (κ3) is 5.34. The molecule has 0 aromatic heterocycles. The Morgan fingerprint density at radius 2 is 2.16 bits per heavy atom. The molecule has 1 aromatic rings. The second-order valence-corrected chi connectivity index (χ2v) is 4.06. The highest BCUT2D eigenvalue weighted by atomic mass is 32.1. The van der Waals surface area contributed by atoms with Gasteiger partial charge >= 0.3 is 6.61 Å². The zero-order valence-electron chi connectivity index (χ0n) is 10.4. The molecule has 0 unspecified atom stereocenters. The van der Waals surface area contributed by atoms with Crippen molar-refractivity contribution in [3.05, 3.63) is 23.8 Å². The second-order valence-electron chi connectivity index (χ2n) is 3.61. The van der Waals surface area contributed by atoms with Gasteiger partial charge in [-0.05, 0) is 23.4 Å². The van der Waals surface area contributed by atoms with E-state index in [1.54, 1.807) is 12.1 Å². The van der Waals surface area contributed by atoms with Crippen LogP contribution in [0, 0.1) is 0 Å². The number of hydrogen-bond acceptors (Lipinski definition) is 4. The van der Waals surface area contributed by atoms with Crippen LogP contribution in [-0.4, -0.2) is 25.4 Å². The van der Waals surface area contributed by atoms with E-state index in [-0.39, 0.29) is 24.0 Å². The Morgan fingerprint density at radius 3 is 2.74 bits per heavy atom. The summed E-state index contributed by atoms with van der Waals surface area (Å²) in [4.78, 5) is 11.3. The number of thiol groups is 1. The van der Waals surface area contributed by atoms with Gasteiger partial charge in [0, 0.05) is 13.0 Å². The number of carbonyl (C=O) groups is 1. The molecule has 4 nitrogen and oxygen atoms in total. The molecule has 106 valence electrons. The molecule has 0 atom stereocenters. The predicted octanol–water partition coefficient (Wildman–Crippen LogP) is 2.23. The number of benzene rings is 1. The lowest BCUT2D eigenvalue weighted by molar-refractivity contribution is -0.120. The molecule has 0 aliphatic heterocycles. The van der Waals surface area contributed by atoms with E-state index in [4.69, 9.17) is 4.74 Å². The average Bonchev–Trinajstić information content (AvgIpc) is 2.37. The fraction of sp³-hybridized carbons (Fsp3) is 0.417. The van der Waals surface area contributed by atoms with Gasteiger partial charge in [-0.2, -0.15) is 21.4 Å². The third-order valence-corrected chi connectivity index (χ3v) is 2.50. The summed E-state index contributed by atoms with van der Waals surface area (Å²) < 4.78 is 33.5. The van der Waals surface area contributed by atoms with E-state index in [1.165, 1.54) is 13.2 Å². The minimum absolute atomic E-state index is 0.0389. The van der Waals surface area contributed by atoms with Gasteiger partial charge in [-0.15, -0.1) is 0 Å². The number of methoxy groups -OCH3 is 1. The van der Waals surface area contributed by atoms with Gasteiger partial charge in [0.1, 0.15) is 0 Å². The number of halogens is 2. The van der Waals surface area contributed by atoms with Gasteiger partial charge in [-0.25, -0.2) is 0 Å². The van der Waals surface area contributed by atoms with E-state index >= 15 is 0 Å². The molecule has 0 fully saturated rings. The smallest absolute Gasteiger partial charge is 0.387 e. The molecule has 0 saturated carbocycles. The van der Waals surface area contributed by atoms with E-state index in [1.807, 2.05) is 0 Å². The topological polar surface area (TPSA) is 47.6 Å². The van der Waals surface area contributed by atoms with Crippen LogP contribution in [0.15, 0.2) is 18.2 Å². The summed E-state index contributed by atoms with van der Waals surface area (Å²) in [6.45, 7) is -2.62. The molecular formula is C12H15F2NO3S. The summed E-state index contributed by atoms with van der Waals surface area (Å²) in [5.41, 5.74) is 0.728. The van der Waals surface area contributed by atoms with Crippen molar-refractivity contribution in [3.8, 4) is 11.5 Å². The monoisotopic (exact) mass is 291 g/mol. The Labute approximate surface area is 115 Å². The minimum Gasteiger partial charge on any atom is -0.493 e. The van der Waals surface area contributed by atoms with Gasteiger partial charge in [-0.1, -0.05) is 6.07 Å². The van der Waals surface area contributed by atoms with Crippen LogP contribution in [-0.2, 0) is 11.3 Å². The van der Waals surface area contributed by atoms with Crippen molar-refractivity contribution in [2.75, 3.05) is 12.9 Å². The number of rotatable bonds is 7. The first-order chi connectivity index (χ1) is 9.06. The zero-order chi connectivity index (χ0) is 14.3. The molecular weight excluding hydrogens is 276 g/mol. The Kier molecular flexibility index (Phi) is 6.41. The molecule has 7 heteroatoms. The van der Waals surface area contributed by atoms with E-state index in [0.29, 0.717) is 12.2 Å². The summed E-state index contributed by atoms with van der Waals surface area (Å²) in [5, 5.41) is 2.68. The van der Waals surface area contributed by atoms with E-state index in [9.17, 15) is 13.6 Å². The van der Waals surface area contributed by atoms with Crippen LogP contribution in [0.25, 0.3) is 0 Å². The summed E-state index contributed by atoms with van der Waals surface area (Å²) >= 11 is 3.95. The van der Waals surface area contributed by atoms with Gasteiger partial charge in [0.25, 0.3) is 0 Å². The lowest BCUT2D eigenvalue weighted by Gasteiger charge is -2.11. The largest absolute Gasteiger partial charge is 0.493 e. The van der Waals surface area contributed by atoms with Crippen molar-refractivity contribution in [1.82, 2.24) is 5.32 Å². The van der Waals surface area contributed by atoms with Crippen LogP contribution >= 0.6 is 12.6 Å². The molecule has 19 heavy (non-hydrogen) atoms. The number of hydrogen-bond donors (Lipinski definition) is 2. The van der Waals surface area contributed by atoms with Gasteiger partial charge in [0.05, 0.1) is 7.11 Å². The van der Waals surface area contributed by atoms with Crippen molar-refractivity contribution in [2.45, 2.75) is 19.6 Å². The van der Waals surface area contributed by atoms with Crippen LogP contribution in [0.5, 0.6) is 11.5 Å². The molecule has 1 N–H and O–H groups in total. The fourth-order valence-corrected chi connectivity index (χ4v) is 1.61. The molecule has 0 bridgehead atoms. The predicted molar refractivity (Wildman–Crippen MR) is 69.9 cm³/mol. The van der Waals surface area contributed by atoms with Crippen LogP contribution in [0.4, 0.5) is 8.78 Å². The summed E-state index contributed by atoms with van der Waals surface area (Å²) in [5.74, 6) is 0.502. The maximum atomic E-state index is 12.1. The Bertz CT molecular complexity index is 429. The SMILES string of the molecule is COc1cc(CNC(=O)CCS)ccc1OC(F)F. The summed E-state index contributed by atoms with van der Waals surface area (Å²) in [6.07, 6.45) is 0.326. The lowest BCUT2D eigenvalue weighted by atomic mass is 10.2. The van der Waals surface area contributed by atoms with Crippen molar-refractivity contribution in [3.63, 3.8) is 0 Å². The highest BCUT2D eigenvalue weighted by Crippen LogP contribution is 2.29. The number of alkyl halides is 2. The minimum atomic E-state index is -2.91. The molecule has 1 amide bonds. The Balaban J connectivity index is 2.68. The molecule has 1 rings (SSSR count). The van der Waals surface area contributed by atoms with Gasteiger partial charge in [-0.3, -0.25) is 4.79 Å². The molecule has 0 saturated heterocycles. The third-order valence-electron chi connectivity index (χ3n) is 2.27. The summed E-state index contributed by atoms with van der Waals surface area (Å²) in [7, 11) is 1.36. The van der Waals surface area contributed by atoms with E-state index < -0.39 is 6.61 Å². The first-order valence-electron chi connectivity index (χ1n) is 5.56. The number of carbonyl (C=O) groups excluding carboxylic acids is 1. The molecule has 0 heterocycles. The van der Waals surface area contributed by atoms with Crippen molar-refractivity contribution >= 4 is 18.5 Å². The van der Waals surface area contributed by atoms with Crippen LogP contribution in [0.1, 0.15) is 12.0 Å². The van der Waals surface area contributed by atoms with Gasteiger partial charge in [0.15, 0.2) is 11.5 Å². The Morgan fingerprint density at radius 1 is 1.42 bits per heavy atom. The van der Waals surface area contributed by atoms with Gasteiger partial charge in [0.2, 0.25) is 5.91 Å². The van der Waals surface area contributed by atoms with Crippen LogP contribution in [0.3, 0.4) is 0 Å². The maximum Gasteiger partial charge on any atom is 0.387 e. The van der Waals surface area contributed by atoms with Crippen LogP contribution < -0.4 is 14.8 Å². The first-order valence-corrected chi connectivity index (χ1v) is 6.19. The number of amides is 1. The zero-order valence-corrected chi connectivity index (χ0v) is 11.3. The first kappa shape index (κ1) is 15.6. The molecule has 0 aliphatic rings. The standard InChI is InChI=1S/C12H15F2NO3S/c1-17-10-6-8(7-15-11(16)4-5-19)2-3-9(10)18-12(13)14/h2-3,6,12,19H,4-5,7H2,1H3,(H,15,16). The van der Waals surface area contributed by atoms with Crippen molar-refractivity contribution in [2.24, 2.45) is 0 Å². The van der Waals surface area contributed by atoms with Crippen molar-refractivity contribution < 1.29 is 23.0 Å². The normalized spacial score (nSPS) is 10.4. The second kappa shape index (κ2) is 7.83. The van der Waals surface area contributed by atoms with E-state index in [2.05, 4.69) is 22.7 Å². The fourth-order valence-electron chi connectivity index (χ4n) is 1.41. The maximum absolute atomic E-state index is 12.1. The number of ether oxygens (including phenoxy) is 2. The average molecular weight is 291 g/mol. The summed E-state index contributed by atoms with van der Waals surface area (Å²) in [6, 6.07) is 4.50. The van der Waals surface area contributed by atoms with E-state index in [0.717, 1.165) is 5.56 Å². The molecule has 0 spiro atoms.